The van der Waals surface area contributed by atoms with Gasteiger partial charge in [-0.05, 0) is 18.2 Å². The molecule has 5 nitrogen and oxygen atoms in total. The van der Waals surface area contributed by atoms with Crippen LogP contribution in [0.15, 0.2) is 24.5 Å². The largest absolute Gasteiger partial charge is 0.491 e. The van der Waals surface area contributed by atoms with Crippen LogP contribution >= 0.6 is 12.2 Å². The number of nitrogens with one attached hydrogen (secondary N) is 1. The molecule has 0 amide bonds. The Kier molecular flexibility index (Phi) is 4.09. The third kappa shape index (κ3) is 2.67. The molecule has 2 rings (SSSR count). The molecule has 0 unspecified atom stereocenters. The van der Waals surface area contributed by atoms with Gasteiger partial charge in [0.2, 0.25) is 0 Å². The summed E-state index contributed by atoms with van der Waals surface area (Å²) in [7, 11) is 2.66. The Morgan fingerprint density at radius 1 is 1.35 bits per heavy atom. The van der Waals surface area contributed by atoms with E-state index in [2.05, 4.69) is 14.7 Å². The molecular formula is C13H11FN2O3S. The van der Waals surface area contributed by atoms with Gasteiger partial charge in [0.1, 0.15) is 5.82 Å². The molecule has 104 valence electrons. The van der Waals surface area contributed by atoms with Gasteiger partial charge < -0.3 is 14.5 Å². The first-order valence-corrected chi connectivity index (χ1v) is 5.98. The zero-order chi connectivity index (χ0) is 14.7. The predicted octanol–water partition coefficient (Wildman–Crippen LogP) is 2.74. The smallest absolute Gasteiger partial charge is 0.337 e. The lowest BCUT2D eigenvalue weighted by Crippen LogP contribution is -2.03. The van der Waals surface area contributed by atoms with E-state index in [-0.39, 0.29) is 10.2 Å². The molecule has 7 heteroatoms. The van der Waals surface area contributed by atoms with E-state index in [0.717, 1.165) is 6.07 Å². The lowest BCUT2D eigenvalue weighted by molar-refractivity contribution is 0.0600. The molecule has 0 radical (unpaired) electrons. The van der Waals surface area contributed by atoms with E-state index < -0.39 is 11.8 Å². The minimum absolute atomic E-state index is 0.0979. The summed E-state index contributed by atoms with van der Waals surface area (Å²) in [6.07, 6.45) is 1.38. The quantitative estimate of drug-likeness (QED) is 0.696. The van der Waals surface area contributed by atoms with Crippen molar-refractivity contribution in [1.29, 1.82) is 0 Å². The fourth-order valence-electron chi connectivity index (χ4n) is 1.76. The number of H-pyrrole nitrogens is 1. The monoisotopic (exact) mass is 294 g/mol. The van der Waals surface area contributed by atoms with E-state index in [4.69, 9.17) is 17.0 Å². The average molecular weight is 294 g/mol. The summed E-state index contributed by atoms with van der Waals surface area (Å²) in [6, 6.07) is 3.84. The van der Waals surface area contributed by atoms with Gasteiger partial charge in [0.25, 0.3) is 0 Å². The van der Waals surface area contributed by atoms with Gasteiger partial charge >= 0.3 is 5.97 Å². The summed E-state index contributed by atoms with van der Waals surface area (Å²) < 4.78 is 23.6. The van der Waals surface area contributed by atoms with Crippen LogP contribution in [0.3, 0.4) is 0 Å². The molecule has 0 atom stereocenters. The highest BCUT2D eigenvalue weighted by Gasteiger charge is 2.14. The molecule has 1 heterocycles. The third-order valence-corrected chi connectivity index (χ3v) is 2.91. The van der Waals surface area contributed by atoms with Crippen LogP contribution in [-0.4, -0.2) is 30.2 Å². The number of halogens is 1. The summed E-state index contributed by atoms with van der Waals surface area (Å²) in [5.74, 6) is -0.887. The van der Waals surface area contributed by atoms with E-state index in [1.54, 1.807) is 0 Å². The van der Waals surface area contributed by atoms with E-state index in [1.807, 2.05) is 0 Å². The lowest BCUT2D eigenvalue weighted by Gasteiger charge is -2.09. The number of aromatic amines is 1. The van der Waals surface area contributed by atoms with Crippen molar-refractivity contribution in [3.8, 4) is 17.0 Å². The number of hydrogen-bond acceptors (Lipinski definition) is 5. The molecule has 0 aliphatic carbocycles. The second-order valence-electron chi connectivity index (χ2n) is 3.84. The first-order valence-electron chi connectivity index (χ1n) is 5.57. The maximum Gasteiger partial charge on any atom is 0.337 e. The first kappa shape index (κ1) is 14.1. The van der Waals surface area contributed by atoms with Gasteiger partial charge in [-0.1, -0.05) is 12.2 Å². The van der Waals surface area contributed by atoms with Crippen molar-refractivity contribution < 1.29 is 18.7 Å². The van der Waals surface area contributed by atoms with Crippen LogP contribution in [0, 0.1) is 10.5 Å². The van der Waals surface area contributed by atoms with Crippen molar-refractivity contribution in [2.45, 2.75) is 0 Å². The fraction of sp³-hybridized carbons (Fsp3) is 0.154. The Morgan fingerprint density at radius 3 is 2.75 bits per heavy atom. The number of hydrogen-bond donors (Lipinski definition) is 1. The summed E-state index contributed by atoms with van der Waals surface area (Å²) in [4.78, 5) is 18.2. The summed E-state index contributed by atoms with van der Waals surface area (Å²) in [6.45, 7) is 0. The van der Waals surface area contributed by atoms with Crippen LogP contribution in [0.4, 0.5) is 4.39 Å². The molecule has 0 aliphatic rings. The van der Waals surface area contributed by atoms with Gasteiger partial charge in [-0.25, -0.2) is 14.2 Å². The number of esters is 1. The second kappa shape index (κ2) is 5.79. The number of carbonyl (C=O) groups excluding carboxylic acids is 1. The number of methoxy groups -OCH3 is 2. The molecule has 0 aliphatic heterocycles. The number of nitrogens with zero attached hydrogens (tertiary/aromatic N) is 1. The Morgan fingerprint density at radius 2 is 2.10 bits per heavy atom. The molecule has 0 spiro atoms. The van der Waals surface area contributed by atoms with Crippen LogP contribution < -0.4 is 4.74 Å². The molecule has 0 bridgehead atoms. The van der Waals surface area contributed by atoms with Crippen molar-refractivity contribution in [3.63, 3.8) is 0 Å². The van der Waals surface area contributed by atoms with Gasteiger partial charge in [-0.2, -0.15) is 0 Å². The third-order valence-electron chi connectivity index (χ3n) is 2.62. The number of ether oxygens (including phenoxy) is 2. The molecule has 0 saturated carbocycles. The lowest BCUT2D eigenvalue weighted by atomic mass is 10.1. The number of benzene rings is 1. The van der Waals surface area contributed by atoms with Crippen LogP contribution in [0.1, 0.15) is 10.4 Å². The van der Waals surface area contributed by atoms with Gasteiger partial charge in [-0.3, -0.25) is 0 Å². The standard InChI is InChI=1S/C13H11FN2O3S/c1-18-11-10(15-6-16-12(11)20)7-3-8(13(17)19-2)5-9(14)4-7/h3-6H,1-2H3,(H,15,16,20). The Bertz CT molecular complexity index is 715. The Labute approximate surface area is 119 Å². The first-order chi connectivity index (χ1) is 9.56. The highest BCUT2D eigenvalue weighted by atomic mass is 32.1. The molecule has 0 saturated heterocycles. The van der Waals surface area contributed by atoms with Crippen LogP contribution in [-0.2, 0) is 4.74 Å². The maximum absolute atomic E-state index is 13.6. The topological polar surface area (TPSA) is 64.2 Å². The van der Waals surface area contributed by atoms with Gasteiger partial charge in [0, 0.05) is 5.56 Å². The molecular weight excluding hydrogens is 283 g/mol. The van der Waals surface area contributed by atoms with Crippen LogP contribution in [0.25, 0.3) is 11.3 Å². The summed E-state index contributed by atoms with van der Waals surface area (Å²) in [5.41, 5.74) is 0.952. The van der Waals surface area contributed by atoms with E-state index in [1.165, 1.54) is 32.7 Å². The van der Waals surface area contributed by atoms with E-state index in [9.17, 15) is 9.18 Å². The normalized spacial score (nSPS) is 10.2. The van der Waals surface area contributed by atoms with Crippen LogP contribution in [0.5, 0.6) is 5.75 Å². The van der Waals surface area contributed by atoms with Gasteiger partial charge in [0.05, 0.1) is 31.8 Å². The highest BCUT2D eigenvalue weighted by Crippen LogP contribution is 2.29. The molecule has 20 heavy (non-hydrogen) atoms. The van der Waals surface area contributed by atoms with E-state index >= 15 is 0 Å². The molecule has 1 aromatic heterocycles. The number of carbonyl (C=O) groups is 1. The van der Waals surface area contributed by atoms with Crippen molar-refractivity contribution in [2.75, 3.05) is 14.2 Å². The zero-order valence-corrected chi connectivity index (χ0v) is 11.6. The van der Waals surface area contributed by atoms with Crippen LogP contribution in [0.2, 0.25) is 0 Å². The van der Waals surface area contributed by atoms with Gasteiger partial charge in [0.15, 0.2) is 10.4 Å². The summed E-state index contributed by atoms with van der Waals surface area (Å²) in [5, 5.41) is 0. The molecule has 1 aromatic carbocycles. The van der Waals surface area contributed by atoms with Crippen molar-refractivity contribution >= 4 is 18.2 Å². The SMILES string of the molecule is COC(=O)c1cc(F)cc(-c2[nH]cnc(=S)c2OC)c1. The number of rotatable bonds is 3. The summed E-state index contributed by atoms with van der Waals surface area (Å²) >= 11 is 5.04. The highest BCUT2D eigenvalue weighted by molar-refractivity contribution is 7.71. The minimum atomic E-state index is -0.627. The Hall–Kier alpha value is -2.28. The zero-order valence-electron chi connectivity index (χ0n) is 10.8. The second-order valence-corrected chi connectivity index (χ2v) is 4.22. The predicted molar refractivity (Wildman–Crippen MR) is 72.7 cm³/mol. The van der Waals surface area contributed by atoms with E-state index in [0.29, 0.717) is 17.0 Å². The fourth-order valence-corrected chi connectivity index (χ4v) is 2.00. The minimum Gasteiger partial charge on any atom is -0.491 e. The van der Waals surface area contributed by atoms with Gasteiger partial charge in [-0.15, -0.1) is 0 Å². The number of aromatic nitrogens is 2. The van der Waals surface area contributed by atoms with Crippen molar-refractivity contribution in [2.24, 2.45) is 0 Å². The van der Waals surface area contributed by atoms with Crippen molar-refractivity contribution in [3.05, 3.63) is 40.5 Å². The average Bonchev–Trinajstić information content (AvgIpc) is 2.45. The maximum atomic E-state index is 13.6. The Balaban J connectivity index is 2.64. The molecule has 0 fully saturated rings. The molecule has 1 N–H and O–H groups in total. The van der Waals surface area contributed by atoms with Crippen molar-refractivity contribution in [1.82, 2.24) is 9.97 Å². The molecule has 2 aromatic rings.